The quantitative estimate of drug-likeness (QED) is 0.291. The van der Waals surface area contributed by atoms with Crippen LogP contribution in [0.15, 0.2) is 78.9 Å². The zero-order valence-corrected chi connectivity index (χ0v) is 19.6. The lowest BCUT2D eigenvalue weighted by Crippen LogP contribution is -2.35. The number of hydrogen-bond acceptors (Lipinski definition) is 5. The molecule has 3 aromatic rings. The van der Waals surface area contributed by atoms with E-state index in [0.29, 0.717) is 13.2 Å². The highest BCUT2D eigenvalue weighted by Crippen LogP contribution is 2.42. The van der Waals surface area contributed by atoms with Gasteiger partial charge in [0.25, 0.3) is 0 Å². The maximum atomic E-state index is 10.0. The molecule has 0 saturated carbocycles. The largest absolute Gasteiger partial charge is 0.497 e. The third-order valence-corrected chi connectivity index (χ3v) is 6.03. The van der Waals surface area contributed by atoms with E-state index in [9.17, 15) is 5.11 Å². The Bertz CT molecular complexity index is 894. The van der Waals surface area contributed by atoms with Gasteiger partial charge < -0.3 is 25.1 Å². The lowest BCUT2D eigenvalue weighted by molar-refractivity contribution is -0.0205. The maximum Gasteiger partial charge on any atom is 0.143 e. The van der Waals surface area contributed by atoms with Crippen LogP contribution in [0.25, 0.3) is 0 Å². The first kappa shape index (κ1) is 24.8. The second-order valence-corrected chi connectivity index (χ2v) is 8.15. The van der Waals surface area contributed by atoms with Crippen LogP contribution in [0.1, 0.15) is 36.0 Å². The second kappa shape index (κ2) is 12.4. The summed E-state index contributed by atoms with van der Waals surface area (Å²) in [7, 11) is 3.32. The molecule has 0 spiro atoms. The van der Waals surface area contributed by atoms with Crippen molar-refractivity contribution in [2.45, 2.75) is 24.9 Å². The minimum Gasteiger partial charge on any atom is -0.497 e. The van der Waals surface area contributed by atoms with Gasteiger partial charge >= 0.3 is 0 Å². The van der Waals surface area contributed by atoms with Crippen LogP contribution < -0.4 is 15.2 Å². The van der Waals surface area contributed by atoms with Crippen molar-refractivity contribution in [3.05, 3.63) is 95.6 Å². The van der Waals surface area contributed by atoms with Crippen LogP contribution in [0.3, 0.4) is 0 Å². The Morgan fingerprint density at radius 3 is 1.73 bits per heavy atom. The Balaban J connectivity index is 2.09. The van der Waals surface area contributed by atoms with E-state index in [2.05, 4.69) is 12.1 Å². The summed E-state index contributed by atoms with van der Waals surface area (Å²) in [5.74, 6) is 1.59. The van der Waals surface area contributed by atoms with E-state index in [4.69, 9.17) is 19.9 Å². The number of aliphatic hydroxyl groups excluding tert-OH is 1. The van der Waals surface area contributed by atoms with Gasteiger partial charge in [-0.05, 0) is 60.3 Å². The Morgan fingerprint density at radius 2 is 1.27 bits per heavy atom. The van der Waals surface area contributed by atoms with Gasteiger partial charge in [0.1, 0.15) is 17.1 Å². The van der Waals surface area contributed by atoms with Gasteiger partial charge in [0, 0.05) is 12.5 Å². The van der Waals surface area contributed by atoms with E-state index in [-0.39, 0.29) is 12.5 Å². The molecule has 0 aliphatic heterocycles. The smallest absolute Gasteiger partial charge is 0.143 e. The van der Waals surface area contributed by atoms with Crippen molar-refractivity contribution in [2.24, 2.45) is 11.7 Å². The first-order chi connectivity index (χ1) is 16.2. The van der Waals surface area contributed by atoms with Gasteiger partial charge in [-0.15, -0.1) is 0 Å². The van der Waals surface area contributed by atoms with Crippen molar-refractivity contribution in [3.63, 3.8) is 0 Å². The average molecular weight is 450 g/mol. The molecule has 3 rings (SSSR count). The third-order valence-electron chi connectivity index (χ3n) is 6.03. The van der Waals surface area contributed by atoms with Crippen LogP contribution in [0.4, 0.5) is 0 Å². The van der Waals surface area contributed by atoms with Crippen LogP contribution in [-0.2, 0) is 10.3 Å². The van der Waals surface area contributed by atoms with Crippen molar-refractivity contribution >= 4 is 0 Å². The minimum absolute atomic E-state index is 0.0242. The average Bonchev–Trinajstić information content (AvgIpc) is 2.89. The highest BCUT2D eigenvalue weighted by atomic mass is 16.5. The second-order valence-electron chi connectivity index (χ2n) is 8.15. The van der Waals surface area contributed by atoms with Gasteiger partial charge in [-0.2, -0.15) is 0 Å². The molecule has 1 atom stereocenters. The molecular formula is C28H35NO4. The number of nitrogens with two attached hydrogens (primary N) is 1. The van der Waals surface area contributed by atoms with Crippen LogP contribution in [0.2, 0.25) is 0 Å². The normalized spacial score (nSPS) is 12.4. The lowest BCUT2D eigenvalue weighted by Gasteiger charge is -2.37. The Kier molecular flexibility index (Phi) is 9.31. The Labute approximate surface area is 197 Å². The van der Waals surface area contributed by atoms with Gasteiger partial charge in [0.15, 0.2) is 0 Å². The molecule has 0 heterocycles. The van der Waals surface area contributed by atoms with Crippen LogP contribution in [0, 0.1) is 5.92 Å². The topological polar surface area (TPSA) is 73.9 Å². The van der Waals surface area contributed by atoms with Crippen molar-refractivity contribution in [1.82, 2.24) is 0 Å². The van der Waals surface area contributed by atoms with Gasteiger partial charge in [-0.1, -0.05) is 61.0 Å². The molecule has 0 aliphatic rings. The van der Waals surface area contributed by atoms with Gasteiger partial charge in [0.05, 0.1) is 20.8 Å². The fourth-order valence-corrected chi connectivity index (χ4v) is 4.12. The van der Waals surface area contributed by atoms with Gasteiger partial charge in [-0.3, -0.25) is 0 Å². The fraction of sp³-hybridized carbons (Fsp3) is 0.357. The predicted octanol–water partition coefficient (Wildman–Crippen LogP) is 4.75. The molecule has 5 heteroatoms. The number of rotatable bonds is 13. The summed E-state index contributed by atoms with van der Waals surface area (Å²) in [6, 6.07) is 26.2. The molecular weight excluding hydrogens is 414 g/mol. The van der Waals surface area contributed by atoms with Crippen molar-refractivity contribution in [3.8, 4) is 11.5 Å². The van der Waals surface area contributed by atoms with E-state index in [1.54, 1.807) is 14.2 Å². The highest BCUT2D eigenvalue weighted by Gasteiger charge is 2.38. The summed E-state index contributed by atoms with van der Waals surface area (Å²) in [5.41, 5.74) is 7.78. The van der Waals surface area contributed by atoms with E-state index in [1.807, 2.05) is 66.7 Å². The third kappa shape index (κ3) is 5.93. The Hall–Kier alpha value is -2.86. The van der Waals surface area contributed by atoms with E-state index in [1.165, 1.54) is 0 Å². The molecule has 3 N–H and O–H groups in total. The molecule has 33 heavy (non-hydrogen) atoms. The molecule has 0 unspecified atom stereocenters. The number of methoxy groups -OCH3 is 2. The zero-order chi connectivity index (χ0) is 23.5. The molecule has 3 aromatic carbocycles. The first-order valence-corrected chi connectivity index (χ1v) is 11.5. The number of unbranched alkanes of at least 4 members (excludes halogenated alkanes) is 1. The molecule has 0 amide bonds. The lowest BCUT2D eigenvalue weighted by atomic mass is 9.79. The molecule has 0 radical (unpaired) electrons. The van der Waals surface area contributed by atoms with Crippen molar-refractivity contribution in [2.75, 3.05) is 34.0 Å². The standard InChI is InChI=1S/C28H35NO4/c1-31-26-15-11-24(12-16-26)28(23-9-4-3-5-10-23,25-13-17-27(32-2)18-14-25)33-21-22(20-30)8-6-7-19-29/h3-5,9-18,22,30H,6-8,19-21,29H2,1-2H3/t22-/m1/s1. The summed E-state index contributed by atoms with van der Waals surface area (Å²) < 4.78 is 17.6. The van der Waals surface area contributed by atoms with Crippen LogP contribution >= 0.6 is 0 Å². The van der Waals surface area contributed by atoms with Crippen molar-refractivity contribution in [1.29, 1.82) is 0 Å². The molecule has 0 fully saturated rings. The van der Waals surface area contributed by atoms with Crippen LogP contribution in [0.5, 0.6) is 11.5 Å². The summed E-state index contributed by atoms with van der Waals surface area (Å²) in [6.45, 7) is 1.14. The summed E-state index contributed by atoms with van der Waals surface area (Å²) in [4.78, 5) is 0. The summed E-state index contributed by atoms with van der Waals surface area (Å²) >= 11 is 0. The monoisotopic (exact) mass is 449 g/mol. The minimum atomic E-state index is -0.860. The van der Waals surface area contributed by atoms with E-state index >= 15 is 0 Å². The Morgan fingerprint density at radius 1 is 0.758 bits per heavy atom. The molecule has 0 aromatic heterocycles. The first-order valence-electron chi connectivity index (χ1n) is 11.5. The molecule has 176 valence electrons. The molecule has 0 saturated heterocycles. The predicted molar refractivity (Wildman–Crippen MR) is 132 cm³/mol. The summed E-state index contributed by atoms with van der Waals surface area (Å²) in [5, 5.41) is 10.0. The molecule has 0 aliphatic carbocycles. The van der Waals surface area contributed by atoms with E-state index in [0.717, 1.165) is 47.5 Å². The maximum absolute atomic E-state index is 10.0. The molecule has 5 nitrogen and oxygen atoms in total. The SMILES string of the molecule is COc1ccc(C(OC[C@@H](CO)CCCCN)(c2ccccc2)c2ccc(OC)cc2)cc1. The fourth-order valence-electron chi connectivity index (χ4n) is 4.12. The van der Waals surface area contributed by atoms with Crippen LogP contribution in [-0.4, -0.2) is 39.1 Å². The van der Waals surface area contributed by atoms with Gasteiger partial charge in [-0.25, -0.2) is 0 Å². The number of aliphatic hydroxyl groups is 1. The zero-order valence-electron chi connectivity index (χ0n) is 19.6. The van der Waals surface area contributed by atoms with Crippen molar-refractivity contribution < 1.29 is 19.3 Å². The van der Waals surface area contributed by atoms with Gasteiger partial charge in [0.2, 0.25) is 0 Å². The number of benzene rings is 3. The summed E-state index contributed by atoms with van der Waals surface area (Å²) in [6.07, 6.45) is 2.77. The number of ether oxygens (including phenoxy) is 3. The highest BCUT2D eigenvalue weighted by molar-refractivity contribution is 5.49. The molecule has 0 bridgehead atoms. The van der Waals surface area contributed by atoms with E-state index < -0.39 is 5.60 Å². The number of hydrogen-bond donors (Lipinski definition) is 2.